The SMILES string of the molecule is CCN1CCN(C(=O)c2nc(C(=O)NCC(C)C)c3ccccn23)CC1. The standard InChI is InChI=1S/C19H27N5O2/c1-4-22-9-11-23(12-10-22)19(26)17-21-16(18(25)20-13-14(2)3)15-7-5-6-8-24(15)17/h5-8,14H,4,9-13H2,1-3H3,(H,20,25). The van der Waals surface area contributed by atoms with Crippen molar-refractivity contribution in [2.75, 3.05) is 39.3 Å². The van der Waals surface area contributed by atoms with Crippen molar-refractivity contribution in [3.05, 3.63) is 35.9 Å². The van der Waals surface area contributed by atoms with Gasteiger partial charge in [0.05, 0.1) is 5.52 Å². The molecule has 0 aromatic carbocycles. The summed E-state index contributed by atoms with van der Waals surface area (Å²) >= 11 is 0. The summed E-state index contributed by atoms with van der Waals surface area (Å²) < 4.78 is 1.72. The van der Waals surface area contributed by atoms with Crippen molar-refractivity contribution < 1.29 is 9.59 Å². The Morgan fingerprint density at radius 2 is 1.92 bits per heavy atom. The first-order valence-electron chi connectivity index (χ1n) is 9.28. The molecule has 3 heterocycles. The van der Waals surface area contributed by atoms with Gasteiger partial charge >= 0.3 is 0 Å². The molecule has 0 spiro atoms. The number of pyridine rings is 1. The molecule has 26 heavy (non-hydrogen) atoms. The number of nitrogens with zero attached hydrogens (tertiary/aromatic N) is 4. The highest BCUT2D eigenvalue weighted by atomic mass is 16.2. The summed E-state index contributed by atoms with van der Waals surface area (Å²) in [7, 11) is 0. The smallest absolute Gasteiger partial charge is 0.290 e. The van der Waals surface area contributed by atoms with Crippen LogP contribution in [0.15, 0.2) is 24.4 Å². The first-order chi connectivity index (χ1) is 12.5. The van der Waals surface area contributed by atoms with Gasteiger partial charge in [0.2, 0.25) is 5.82 Å². The number of imidazole rings is 1. The van der Waals surface area contributed by atoms with Crippen LogP contribution in [0.2, 0.25) is 0 Å². The van der Waals surface area contributed by atoms with Crippen molar-refractivity contribution in [1.82, 2.24) is 24.5 Å². The van der Waals surface area contributed by atoms with Gasteiger partial charge in [0.15, 0.2) is 5.69 Å². The lowest BCUT2D eigenvalue weighted by Crippen LogP contribution is -2.48. The summed E-state index contributed by atoms with van der Waals surface area (Å²) in [6.07, 6.45) is 1.79. The van der Waals surface area contributed by atoms with Gasteiger partial charge in [-0.1, -0.05) is 26.8 Å². The van der Waals surface area contributed by atoms with E-state index in [1.807, 2.05) is 36.9 Å². The summed E-state index contributed by atoms with van der Waals surface area (Å²) in [4.78, 5) is 34.1. The number of carbonyl (C=O) groups is 2. The Kier molecular flexibility index (Phi) is 5.56. The van der Waals surface area contributed by atoms with Crippen LogP contribution in [0.5, 0.6) is 0 Å². The van der Waals surface area contributed by atoms with Crippen molar-refractivity contribution in [3.8, 4) is 0 Å². The number of fused-ring (bicyclic) bond motifs is 1. The van der Waals surface area contributed by atoms with Gasteiger partial charge in [-0.3, -0.25) is 14.0 Å². The van der Waals surface area contributed by atoms with E-state index in [0.717, 1.165) is 19.6 Å². The molecular weight excluding hydrogens is 330 g/mol. The molecule has 0 unspecified atom stereocenters. The fourth-order valence-electron chi connectivity index (χ4n) is 3.14. The number of likely N-dealkylation sites (N-methyl/N-ethyl adjacent to an activating group) is 1. The Bertz CT molecular complexity index is 790. The van der Waals surface area contributed by atoms with Gasteiger partial charge in [-0.2, -0.15) is 0 Å². The van der Waals surface area contributed by atoms with E-state index < -0.39 is 0 Å². The van der Waals surface area contributed by atoms with E-state index in [-0.39, 0.29) is 11.8 Å². The zero-order valence-electron chi connectivity index (χ0n) is 15.7. The van der Waals surface area contributed by atoms with Crippen LogP contribution in [0, 0.1) is 5.92 Å². The second-order valence-corrected chi connectivity index (χ2v) is 7.07. The zero-order valence-corrected chi connectivity index (χ0v) is 15.7. The third-order valence-electron chi connectivity index (χ3n) is 4.73. The van der Waals surface area contributed by atoms with Gasteiger partial charge in [0.1, 0.15) is 0 Å². The van der Waals surface area contributed by atoms with Gasteiger partial charge < -0.3 is 15.1 Å². The molecule has 2 amide bonds. The minimum atomic E-state index is -0.239. The molecule has 0 radical (unpaired) electrons. The van der Waals surface area contributed by atoms with Crippen LogP contribution >= 0.6 is 0 Å². The molecule has 1 aliphatic heterocycles. The molecular formula is C19H27N5O2. The number of rotatable bonds is 5. The molecule has 7 nitrogen and oxygen atoms in total. The first-order valence-corrected chi connectivity index (χ1v) is 9.28. The maximum Gasteiger partial charge on any atom is 0.290 e. The molecule has 1 N–H and O–H groups in total. The van der Waals surface area contributed by atoms with Gasteiger partial charge in [-0.25, -0.2) is 4.98 Å². The largest absolute Gasteiger partial charge is 0.350 e. The summed E-state index contributed by atoms with van der Waals surface area (Å²) in [5.74, 6) is 0.297. The van der Waals surface area contributed by atoms with Crippen LogP contribution in [-0.4, -0.2) is 70.3 Å². The topological polar surface area (TPSA) is 69.9 Å². The van der Waals surface area contributed by atoms with Crippen LogP contribution in [-0.2, 0) is 0 Å². The van der Waals surface area contributed by atoms with E-state index in [1.54, 1.807) is 10.6 Å². The second-order valence-electron chi connectivity index (χ2n) is 7.07. The maximum atomic E-state index is 13.0. The fraction of sp³-hybridized carbons (Fsp3) is 0.526. The van der Waals surface area contributed by atoms with E-state index in [9.17, 15) is 9.59 Å². The molecule has 2 aromatic rings. The lowest BCUT2D eigenvalue weighted by Gasteiger charge is -2.33. The van der Waals surface area contributed by atoms with Gasteiger partial charge in [0, 0.05) is 38.9 Å². The minimum absolute atomic E-state index is 0.120. The second kappa shape index (κ2) is 7.86. The number of nitrogens with one attached hydrogen (secondary N) is 1. The molecule has 1 saturated heterocycles. The Morgan fingerprint density at radius 3 is 2.58 bits per heavy atom. The average Bonchev–Trinajstić information content (AvgIpc) is 3.05. The molecule has 0 atom stereocenters. The predicted molar refractivity (Wildman–Crippen MR) is 100 cm³/mol. The average molecular weight is 357 g/mol. The van der Waals surface area contributed by atoms with E-state index in [4.69, 9.17) is 0 Å². The monoisotopic (exact) mass is 357 g/mol. The van der Waals surface area contributed by atoms with E-state index in [0.29, 0.717) is 42.6 Å². The normalized spacial score (nSPS) is 15.6. The van der Waals surface area contributed by atoms with Gasteiger partial charge in [-0.15, -0.1) is 0 Å². The van der Waals surface area contributed by atoms with Crippen molar-refractivity contribution in [3.63, 3.8) is 0 Å². The van der Waals surface area contributed by atoms with Gasteiger partial charge in [-0.05, 0) is 24.6 Å². The molecule has 7 heteroatoms. The van der Waals surface area contributed by atoms with Crippen molar-refractivity contribution in [2.24, 2.45) is 5.92 Å². The predicted octanol–water partition coefficient (Wildman–Crippen LogP) is 1.50. The van der Waals surface area contributed by atoms with E-state index in [2.05, 4.69) is 22.1 Å². The highest BCUT2D eigenvalue weighted by molar-refractivity contribution is 6.02. The molecule has 0 saturated carbocycles. The van der Waals surface area contributed by atoms with Crippen molar-refractivity contribution in [2.45, 2.75) is 20.8 Å². The quantitative estimate of drug-likeness (QED) is 0.880. The number of hydrogen-bond donors (Lipinski definition) is 1. The number of piperazine rings is 1. The van der Waals surface area contributed by atoms with E-state index in [1.165, 1.54) is 0 Å². The first kappa shape index (κ1) is 18.4. The molecule has 140 valence electrons. The number of amides is 2. The Labute approximate surface area is 154 Å². The molecule has 0 bridgehead atoms. The Morgan fingerprint density at radius 1 is 1.19 bits per heavy atom. The minimum Gasteiger partial charge on any atom is -0.350 e. The summed E-state index contributed by atoms with van der Waals surface area (Å²) in [6.45, 7) is 10.9. The number of hydrogen-bond acceptors (Lipinski definition) is 4. The molecule has 1 aliphatic rings. The summed E-state index contributed by atoms with van der Waals surface area (Å²) in [6, 6.07) is 5.52. The molecule has 2 aromatic heterocycles. The van der Waals surface area contributed by atoms with Crippen molar-refractivity contribution >= 4 is 17.3 Å². The Balaban J connectivity index is 1.87. The summed E-state index contributed by atoms with van der Waals surface area (Å²) in [5, 5.41) is 2.89. The van der Waals surface area contributed by atoms with Gasteiger partial charge in [0.25, 0.3) is 11.8 Å². The highest BCUT2D eigenvalue weighted by Crippen LogP contribution is 2.16. The number of aromatic nitrogens is 2. The molecule has 1 fully saturated rings. The van der Waals surface area contributed by atoms with Crippen LogP contribution in [0.4, 0.5) is 0 Å². The van der Waals surface area contributed by atoms with Crippen LogP contribution < -0.4 is 5.32 Å². The highest BCUT2D eigenvalue weighted by Gasteiger charge is 2.27. The zero-order chi connectivity index (χ0) is 18.7. The molecule has 3 rings (SSSR count). The van der Waals surface area contributed by atoms with Crippen LogP contribution in [0.3, 0.4) is 0 Å². The fourth-order valence-corrected chi connectivity index (χ4v) is 3.14. The lowest BCUT2D eigenvalue weighted by molar-refractivity contribution is 0.0630. The lowest BCUT2D eigenvalue weighted by atomic mass is 10.2. The molecule has 0 aliphatic carbocycles. The Hall–Kier alpha value is -2.41. The van der Waals surface area contributed by atoms with E-state index >= 15 is 0 Å². The third-order valence-corrected chi connectivity index (χ3v) is 4.73. The van der Waals surface area contributed by atoms with Crippen molar-refractivity contribution in [1.29, 1.82) is 0 Å². The van der Waals surface area contributed by atoms with Crippen LogP contribution in [0.25, 0.3) is 5.52 Å². The number of carbonyl (C=O) groups excluding carboxylic acids is 2. The maximum absolute atomic E-state index is 13.0. The summed E-state index contributed by atoms with van der Waals surface area (Å²) in [5.41, 5.74) is 0.964. The van der Waals surface area contributed by atoms with Crippen LogP contribution in [0.1, 0.15) is 41.9 Å². The third kappa shape index (κ3) is 3.72.